The first-order valence-corrected chi connectivity index (χ1v) is 7.02. The second-order valence-corrected chi connectivity index (χ2v) is 6.14. The monoisotopic (exact) mass is 361 g/mol. The molecule has 0 saturated heterocycles. The fraction of sp³-hybridized carbons (Fsp3) is 0.200. The van der Waals surface area contributed by atoms with Crippen LogP contribution in [0.1, 0.15) is 18.0 Å². The van der Waals surface area contributed by atoms with Gasteiger partial charge in [0.05, 0.1) is 6.04 Å². The molecule has 0 aliphatic heterocycles. The number of benzene rings is 1. The van der Waals surface area contributed by atoms with E-state index in [2.05, 4.69) is 42.1 Å². The van der Waals surface area contributed by atoms with Gasteiger partial charge in [-0.3, -0.25) is 0 Å². The highest BCUT2D eigenvalue weighted by Gasteiger charge is 2.12. The van der Waals surface area contributed by atoms with Crippen LogP contribution in [0.3, 0.4) is 0 Å². The molecule has 1 aromatic carbocycles. The number of rotatable bonds is 2. The molecule has 0 amide bonds. The lowest BCUT2D eigenvalue weighted by molar-refractivity contribution is 0.786. The summed E-state index contributed by atoms with van der Waals surface area (Å²) in [6.07, 6.45) is 0. The fourth-order valence-corrected chi connectivity index (χ4v) is 3.39. The molecule has 1 unspecified atom stereocenters. The standard InChI is InChI=1S/C10H9Br2N3S/c1-5(13)9-14-15-10(16-9)7-3-2-6(11)4-8(7)12/h2-5H,13H2,1H3. The molecular formula is C10H9Br2N3S. The summed E-state index contributed by atoms with van der Waals surface area (Å²) >= 11 is 8.44. The predicted molar refractivity (Wildman–Crippen MR) is 73.3 cm³/mol. The van der Waals surface area contributed by atoms with Crippen LogP contribution in [0.2, 0.25) is 0 Å². The average molecular weight is 363 g/mol. The zero-order valence-electron chi connectivity index (χ0n) is 8.45. The lowest BCUT2D eigenvalue weighted by Crippen LogP contribution is -2.03. The van der Waals surface area contributed by atoms with E-state index >= 15 is 0 Å². The van der Waals surface area contributed by atoms with Crippen LogP contribution in [0.15, 0.2) is 27.1 Å². The molecule has 3 nitrogen and oxygen atoms in total. The first-order chi connectivity index (χ1) is 7.58. The van der Waals surface area contributed by atoms with Crippen LogP contribution >= 0.6 is 43.2 Å². The third-order valence-electron chi connectivity index (χ3n) is 1.99. The largest absolute Gasteiger partial charge is 0.322 e. The van der Waals surface area contributed by atoms with Gasteiger partial charge in [0.2, 0.25) is 0 Å². The highest BCUT2D eigenvalue weighted by molar-refractivity contribution is 9.11. The summed E-state index contributed by atoms with van der Waals surface area (Å²) in [5, 5.41) is 9.94. The van der Waals surface area contributed by atoms with Crippen molar-refractivity contribution in [2.45, 2.75) is 13.0 Å². The van der Waals surface area contributed by atoms with Gasteiger partial charge in [-0.25, -0.2) is 0 Å². The van der Waals surface area contributed by atoms with E-state index in [1.165, 1.54) is 11.3 Å². The highest BCUT2D eigenvalue weighted by Crippen LogP contribution is 2.33. The molecule has 2 N–H and O–H groups in total. The van der Waals surface area contributed by atoms with Gasteiger partial charge in [-0.2, -0.15) is 0 Å². The lowest BCUT2D eigenvalue weighted by Gasteiger charge is -2.00. The predicted octanol–water partition coefficient (Wildman–Crippen LogP) is 3.75. The van der Waals surface area contributed by atoms with Crippen LogP contribution in [-0.4, -0.2) is 10.2 Å². The van der Waals surface area contributed by atoms with Gasteiger partial charge in [-0.1, -0.05) is 43.2 Å². The molecule has 1 aromatic heterocycles. The Balaban J connectivity index is 2.42. The average Bonchev–Trinajstić information content (AvgIpc) is 2.66. The molecule has 0 bridgehead atoms. The van der Waals surface area contributed by atoms with Crippen molar-refractivity contribution in [1.82, 2.24) is 10.2 Å². The van der Waals surface area contributed by atoms with E-state index in [0.29, 0.717) is 0 Å². The maximum Gasteiger partial charge on any atom is 0.148 e. The molecule has 2 aromatic rings. The molecule has 0 aliphatic rings. The third-order valence-corrected chi connectivity index (χ3v) is 4.30. The van der Waals surface area contributed by atoms with Crippen LogP contribution in [-0.2, 0) is 0 Å². The maximum absolute atomic E-state index is 5.76. The van der Waals surface area contributed by atoms with Crippen LogP contribution in [0.25, 0.3) is 10.6 Å². The second kappa shape index (κ2) is 4.91. The molecule has 84 valence electrons. The molecule has 0 radical (unpaired) electrons. The number of nitrogens with zero attached hydrogens (tertiary/aromatic N) is 2. The molecular weight excluding hydrogens is 354 g/mol. The van der Waals surface area contributed by atoms with Crippen LogP contribution in [0.5, 0.6) is 0 Å². The summed E-state index contributed by atoms with van der Waals surface area (Å²) in [4.78, 5) is 0. The van der Waals surface area contributed by atoms with Gasteiger partial charge in [-0.15, -0.1) is 10.2 Å². The number of hydrogen-bond donors (Lipinski definition) is 1. The zero-order chi connectivity index (χ0) is 11.7. The van der Waals surface area contributed by atoms with E-state index in [-0.39, 0.29) is 6.04 Å². The minimum absolute atomic E-state index is 0.0690. The molecule has 1 heterocycles. The van der Waals surface area contributed by atoms with Crippen molar-refractivity contribution in [2.75, 3.05) is 0 Å². The van der Waals surface area contributed by atoms with Crippen LogP contribution < -0.4 is 5.73 Å². The minimum atomic E-state index is -0.0690. The minimum Gasteiger partial charge on any atom is -0.322 e. The Labute approximate surface area is 114 Å². The summed E-state index contributed by atoms with van der Waals surface area (Å²) < 4.78 is 2.02. The fourth-order valence-electron chi connectivity index (χ4n) is 1.19. The second-order valence-electron chi connectivity index (χ2n) is 3.36. The maximum atomic E-state index is 5.76. The smallest absolute Gasteiger partial charge is 0.148 e. The molecule has 0 fully saturated rings. The summed E-state index contributed by atoms with van der Waals surface area (Å²) in [6.45, 7) is 1.90. The van der Waals surface area contributed by atoms with Crippen molar-refractivity contribution in [3.05, 3.63) is 32.2 Å². The number of nitrogens with two attached hydrogens (primary N) is 1. The van der Waals surface area contributed by atoms with E-state index in [0.717, 1.165) is 24.5 Å². The van der Waals surface area contributed by atoms with Crippen molar-refractivity contribution in [2.24, 2.45) is 5.73 Å². The first kappa shape index (κ1) is 12.2. The molecule has 2 rings (SSSR count). The Hall–Kier alpha value is -0.300. The van der Waals surface area contributed by atoms with Gasteiger partial charge >= 0.3 is 0 Å². The van der Waals surface area contributed by atoms with E-state index < -0.39 is 0 Å². The summed E-state index contributed by atoms with van der Waals surface area (Å²) in [7, 11) is 0. The number of hydrogen-bond acceptors (Lipinski definition) is 4. The summed E-state index contributed by atoms with van der Waals surface area (Å²) in [5.74, 6) is 0. The van der Waals surface area contributed by atoms with E-state index in [1.54, 1.807) is 0 Å². The van der Waals surface area contributed by atoms with Crippen molar-refractivity contribution in [3.63, 3.8) is 0 Å². The van der Waals surface area contributed by atoms with Crippen LogP contribution in [0, 0.1) is 0 Å². The molecule has 0 spiro atoms. The topological polar surface area (TPSA) is 51.8 Å². The van der Waals surface area contributed by atoms with E-state index in [4.69, 9.17) is 5.73 Å². The summed E-state index contributed by atoms with van der Waals surface area (Å²) in [5.41, 5.74) is 6.79. The van der Waals surface area contributed by atoms with Gasteiger partial charge in [0.15, 0.2) is 0 Å². The number of aromatic nitrogens is 2. The zero-order valence-corrected chi connectivity index (χ0v) is 12.4. The molecule has 16 heavy (non-hydrogen) atoms. The third kappa shape index (κ3) is 2.51. The van der Waals surface area contributed by atoms with Gasteiger partial charge in [0.25, 0.3) is 0 Å². The normalized spacial score (nSPS) is 12.8. The molecule has 0 aliphatic carbocycles. The first-order valence-electron chi connectivity index (χ1n) is 4.62. The molecule has 0 saturated carbocycles. The van der Waals surface area contributed by atoms with Crippen molar-refractivity contribution in [3.8, 4) is 10.6 Å². The van der Waals surface area contributed by atoms with Crippen molar-refractivity contribution < 1.29 is 0 Å². The summed E-state index contributed by atoms with van der Waals surface area (Å²) in [6, 6.07) is 5.90. The highest BCUT2D eigenvalue weighted by atomic mass is 79.9. The Morgan fingerprint density at radius 3 is 2.62 bits per heavy atom. The quantitative estimate of drug-likeness (QED) is 0.884. The van der Waals surface area contributed by atoms with Gasteiger partial charge in [-0.05, 0) is 25.1 Å². The van der Waals surface area contributed by atoms with Gasteiger partial charge < -0.3 is 5.73 Å². The van der Waals surface area contributed by atoms with Gasteiger partial charge in [0.1, 0.15) is 10.0 Å². The van der Waals surface area contributed by atoms with Gasteiger partial charge in [0, 0.05) is 14.5 Å². The Morgan fingerprint density at radius 1 is 1.31 bits per heavy atom. The Bertz CT molecular complexity index is 511. The molecule has 6 heteroatoms. The molecule has 1 atom stereocenters. The Kier molecular flexibility index (Phi) is 3.73. The Morgan fingerprint density at radius 2 is 2.06 bits per heavy atom. The number of halogens is 2. The van der Waals surface area contributed by atoms with Crippen molar-refractivity contribution in [1.29, 1.82) is 0 Å². The lowest BCUT2D eigenvalue weighted by atomic mass is 10.2. The van der Waals surface area contributed by atoms with E-state index in [1.807, 2.05) is 25.1 Å². The van der Waals surface area contributed by atoms with E-state index in [9.17, 15) is 0 Å². The van der Waals surface area contributed by atoms with Crippen molar-refractivity contribution >= 4 is 43.2 Å². The SMILES string of the molecule is CC(N)c1nnc(-c2ccc(Br)cc2Br)s1. The van der Waals surface area contributed by atoms with Crippen LogP contribution in [0.4, 0.5) is 0 Å².